The molecule has 0 atom stereocenters. The van der Waals surface area contributed by atoms with E-state index in [9.17, 15) is 14.4 Å². The molecule has 9 heteroatoms. The lowest BCUT2D eigenvalue weighted by Gasteiger charge is -2.29. The summed E-state index contributed by atoms with van der Waals surface area (Å²) in [4.78, 5) is 38.5. The molecule has 8 nitrogen and oxygen atoms in total. The van der Waals surface area contributed by atoms with Crippen molar-refractivity contribution in [2.75, 3.05) is 34.4 Å². The van der Waals surface area contributed by atoms with Crippen LogP contribution in [0.3, 0.4) is 0 Å². The zero-order valence-electron chi connectivity index (χ0n) is 17.3. The number of carbonyl (C=O) groups is 3. The van der Waals surface area contributed by atoms with E-state index in [4.69, 9.17) is 25.8 Å². The number of ether oxygens (including phenoxy) is 3. The second kappa shape index (κ2) is 9.53. The van der Waals surface area contributed by atoms with Crippen LogP contribution in [0, 0.1) is 0 Å². The summed E-state index contributed by atoms with van der Waals surface area (Å²) >= 11 is 6.09. The summed E-state index contributed by atoms with van der Waals surface area (Å²) in [6, 6.07) is 11.3. The molecule has 1 fully saturated rings. The van der Waals surface area contributed by atoms with E-state index in [0.717, 1.165) is 15.5 Å². The quantitative estimate of drug-likeness (QED) is 0.370. The number of hydrogen-bond acceptors (Lipinski definition) is 6. The van der Waals surface area contributed by atoms with Gasteiger partial charge in [0.05, 0.1) is 7.11 Å². The first-order chi connectivity index (χ1) is 14.8. The molecular formula is C22H21ClN2O6. The lowest BCUT2D eigenvalue weighted by Crippen LogP contribution is -2.52. The number of halogens is 1. The number of amides is 4. The average Bonchev–Trinajstić information content (AvgIpc) is 2.78. The van der Waals surface area contributed by atoms with Gasteiger partial charge in [-0.25, -0.2) is 4.79 Å². The zero-order valence-corrected chi connectivity index (χ0v) is 18.0. The van der Waals surface area contributed by atoms with Crippen molar-refractivity contribution in [1.82, 2.24) is 9.80 Å². The molecule has 1 heterocycles. The van der Waals surface area contributed by atoms with E-state index in [-0.39, 0.29) is 18.8 Å². The summed E-state index contributed by atoms with van der Waals surface area (Å²) in [6.45, 7) is 0.479. The van der Waals surface area contributed by atoms with Crippen LogP contribution < -0.4 is 14.2 Å². The van der Waals surface area contributed by atoms with Gasteiger partial charge in [-0.1, -0.05) is 11.6 Å². The summed E-state index contributed by atoms with van der Waals surface area (Å²) in [6.07, 6.45) is 1.37. The Labute approximate surface area is 184 Å². The largest absolute Gasteiger partial charge is 0.497 e. The fraction of sp³-hybridized carbons (Fsp3) is 0.227. The van der Waals surface area contributed by atoms with Crippen molar-refractivity contribution in [3.63, 3.8) is 0 Å². The number of barbiturate groups is 1. The van der Waals surface area contributed by atoms with Crippen LogP contribution in [-0.2, 0) is 9.59 Å². The number of methoxy groups -OCH3 is 1. The predicted octanol–water partition coefficient (Wildman–Crippen LogP) is 3.24. The third kappa shape index (κ3) is 4.97. The Morgan fingerprint density at radius 2 is 1.45 bits per heavy atom. The maximum atomic E-state index is 12.4. The minimum absolute atomic E-state index is 0.161. The molecule has 0 bridgehead atoms. The van der Waals surface area contributed by atoms with Gasteiger partial charge in [0.1, 0.15) is 36.0 Å². The number of hydrogen-bond donors (Lipinski definition) is 0. The molecule has 2 aromatic rings. The molecule has 0 saturated carbocycles. The van der Waals surface area contributed by atoms with Gasteiger partial charge in [-0.2, -0.15) is 0 Å². The highest BCUT2D eigenvalue weighted by Gasteiger charge is 2.37. The van der Waals surface area contributed by atoms with E-state index in [2.05, 4.69) is 0 Å². The number of imide groups is 2. The monoisotopic (exact) mass is 444 g/mol. The summed E-state index contributed by atoms with van der Waals surface area (Å²) in [7, 11) is 4.21. The number of likely N-dealkylation sites (N-methyl/N-ethyl adjacent to an activating group) is 2. The molecule has 1 aliphatic rings. The van der Waals surface area contributed by atoms with Crippen molar-refractivity contribution in [1.29, 1.82) is 0 Å². The van der Waals surface area contributed by atoms with Crippen molar-refractivity contribution in [2.24, 2.45) is 0 Å². The van der Waals surface area contributed by atoms with Crippen molar-refractivity contribution in [2.45, 2.75) is 0 Å². The highest BCUT2D eigenvalue weighted by atomic mass is 35.5. The summed E-state index contributed by atoms with van der Waals surface area (Å²) < 4.78 is 16.5. The minimum atomic E-state index is -0.693. The Hall–Kier alpha value is -3.52. The molecule has 0 spiro atoms. The molecule has 2 aromatic carbocycles. The molecule has 0 aliphatic carbocycles. The van der Waals surface area contributed by atoms with E-state index < -0.39 is 17.8 Å². The van der Waals surface area contributed by atoms with Crippen LogP contribution in [-0.4, -0.2) is 62.1 Å². The summed E-state index contributed by atoms with van der Waals surface area (Å²) in [5, 5.41) is 0.405. The summed E-state index contributed by atoms with van der Waals surface area (Å²) in [5.74, 6) is 0.422. The van der Waals surface area contributed by atoms with Crippen LogP contribution in [0.25, 0.3) is 6.08 Å². The first kappa shape index (κ1) is 22.2. The first-order valence-corrected chi connectivity index (χ1v) is 9.70. The van der Waals surface area contributed by atoms with Crippen LogP contribution in [0.5, 0.6) is 17.2 Å². The normalized spacial score (nSPS) is 14.1. The second-order valence-electron chi connectivity index (χ2n) is 6.62. The van der Waals surface area contributed by atoms with E-state index in [1.165, 1.54) is 20.2 Å². The Morgan fingerprint density at radius 3 is 2.06 bits per heavy atom. The van der Waals surface area contributed by atoms with Gasteiger partial charge in [0, 0.05) is 24.7 Å². The lowest BCUT2D eigenvalue weighted by molar-refractivity contribution is -0.134. The maximum absolute atomic E-state index is 12.4. The average molecular weight is 445 g/mol. The van der Waals surface area contributed by atoms with Crippen LogP contribution in [0.2, 0.25) is 5.02 Å². The molecule has 0 radical (unpaired) electrons. The minimum Gasteiger partial charge on any atom is -0.497 e. The lowest BCUT2D eigenvalue weighted by atomic mass is 10.1. The smallest absolute Gasteiger partial charge is 0.333 e. The predicted molar refractivity (Wildman–Crippen MR) is 114 cm³/mol. The maximum Gasteiger partial charge on any atom is 0.333 e. The molecule has 0 N–H and O–H groups in total. The molecule has 31 heavy (non-hydrogen) atoms. The molecule has 0 unspecified atom stereocenters. The standard InChI is InChI=1S/C22H21ClN2O6/c1-24-20(26)18(21(27)25(2)22(24)28)13-14-12-15(23)4-9-19(14)31-11-10-30-17-7-5-16(29-3)6-8-17/h4-9,12-13H,10-11H2,1-3H3. The fourth-order valence-corrected chi connectivity index (χ4v) is 3.06. The van der Waals surface area contributed by atoms with Gasteiger partial charge in [-0.15, -0.1) is 0 Å². The highest BCUT2D eigenvalue weighted by Crippen LogP contribution is 2.27. The van der Waals surface area contributed by atoms with Crippen molar-refractivity contribution in [3.05, 3.63) is 58.6 Å². The third-order valence-corrected chi connectivity index (χ3v) is 4.82. The second-order valence-corrected chi connectivity index (χ2v) is 7.06. The van der Waals surface area contributed by atoms with E-state index in [0.29, 0.717) is 22.1 Å². The van der Waals surface area contributed by atoms with E-state index >= 15 is 0 Å². The molecule has 0 aromatic heterocycles. The molecular weight excluding hydrogens is 424 g/mol. The Kier molecular flexibility index (Phi) is 6.81. The topological polar surface area (TPSA) is 85.4 Å². The van der Waals surface area contributed by atoms with Crippen LogP contribution >= 0.6 is 11.6 Å². The first-order valence-electron chi connectivity index (χ1n) is 9.32. The number of nitrogens with zero attached hydrogens (tertiary/aromatic N) is 2. The SMILES string of the molecule is COc1ccc(OCCOc2ccc(Cl)cc2C=C2C(=O)N(C)C(=O)N(C)C2=O)cc1. The van der Waals surface area contributed by atoms with Gasteiger partial charge in [-0.05, 0) is 48.5 Å². The van der Waals surface area contributed by atoms with Gasteiger partial charge < -0.3 is 14.2 Å². The Balaban J connectivity index is 1.73. The van der Waals surface area contributed by atoms with Crippen molar-refractivity contribution >= 4 is 35.5 Å². The van der Waals surface area contributed by atoms with Crippen LogP contribution in [0.4, 0.5) is 4.79 Å². The van der Waals surface area contributed by atoms with Gasteiger partial charge >= 0.3 is 6.03 Å². The number of carbonyl (C=O) groups excluding carboxylic acids is 3. The Morgan fingerprint density at radius 1 is 0.871 bits per heavy atom. The fourth-order valence-electron chi connectivity index (χ4n) is 2.88. The molecule has 1 saturated heterocycles. The molecule has 162 valence electrons. The molecule has 1 aliphatic heterocycles. The zero-order chi connectivity index (χ0) is 22.5. The number of benzene rings is 2. The highest BCUT2D eigenvalue weighted by molar-refractivity contribution is 6.32. The van der Waals surface area contributed by atoms with Gasteiger partial charge in [0.2, 0.25) is 0 Å². The molecule has 4 amide bonds. The molecule has 3 rings (SSSR count). The van der Waals surface area contributed by atoms with Gasteiger partial charge in [0.15, 0.2) is 0 Å². The van der Waals surface area contributed by atoms with E-state index in [1.54, 1.807) is 49.6 Å². The third-order valence-electron chi connectivity index (χ3n) is 4.58. The van der Waals surface area contributed by atoms with Gasteiger partial charge in [-0.3, -0.25) is 19.4 Å². The van der Waals surface area contributed by atoms with Crippen molar-refractivity contribution in [3.8, 4) is 17.2 Å². The van der Waals surface area contributed by atoms with E-state index in [1.807, 2.05) is 0 Å². The Bertz CT molecular complexity index is 1010. The van der Waals surface area contributed by atoms with Crippen LogP contribution in [0.15, 0.2) is 48.0 Å². The number of urea groups is 1. The van der Waals surface area contributed by atoms with Crippen LogP contribution in [0.1, 0.15) is 5.56 Å². The van der Waals surface area contributed by atoms with Crippen molar-refractivity contribution < 1.29 is 28.6 Å². The summed E-state index contributed by atoms with van der Waals surface area (Å²) in [5.41, 5.74) is 0.274. The number of rotatable bonds is 7. The van der Waals surface area contributed by atoms with Gasteiger partial charge in [0.25, 0.3) is 11.8 Å².